The van der Waals surface area contributed by atoms with E-state index in [2.05, 4.69) is 29.6 Å². The summed E-state index contributed by atoms with van der Waals surface area (Å²) in [6, 6.07) is 0. The van der Waals surface area contributed by atoms with Crippen molar-refractivity contribution in [3.8, 4) is 0 Å². The molecular weight excluding hydrogens is 277 g/mol. The molecule has 0 unspecified atom stereocenters. The Morgan fingerprint density at radius 2 is 1.44 bits per heavy atom. The molecule has 0 bridgehead atoms. The summed E-state index contributed by atoms with van der Waals surface area (Å²) >= 11 is 0. The molecular formula is C7H13HfN. The molecule has 0 atom stereocenters. The van der Waals surface area contributed by atoms with Gasteiger partial charge >= 0.3 is 0 Å². The average Bonchev–Trinajstić information content (AvgIpc) is 2.17. The normalized spacial score (nSPS) is 11.8. The first-order chi connectivity index (χ1) is 3.91. The third-order valence-corrected chi connectivity index (χ3v) is 0.655. The van der Waals surface area contributed by atoms with Crippen LogP contribution in [0.3, 0.4) is 0 Å². The van der Waals surface area contributed by atoms with Crippen molar-refractivity contribution >= 4 is 0 Å². The van der Waals surface area contributed by atoms with Gasteiger partial charge < -0.3 is 5.32 Å². The van der Waals surface area contributed by atoms with E-state index in [9.17, 15) is 0 Å². The number of nitrogens with one attached hydrogen (secondary N) is 1. The van der Waals surface area contributed by atoms with Crippen molar-refractivity contribution in [3.05, 3.63) is 24.3 Å². The molecule has 0 saturated carbocycles. The first-order valence-electron chi connectivity index (χ1n) is 2.82. The van der Waals surface area contributed by atoms with Gasteiger partial charge in [-0.15, -0.1) is 0 Å². The van der Waals surface area contributed by atoms with E-state index in [-0.39, 0.29) is 25.8 Å². The smallest absolute Gasteiger partial charge is 0 e. The maximum absolute atomic E-state index is 2.75. The third-order valence-electron chi connectivity index (χ3n) is 0.655. The summed E-state index contributed by atoms with van der Waals surface area (Å²) in [5, 5.41) is 2.75. The Balaban J connectivity index is 0. The molecule has 0 aromatic rings. The van der Waals surface area contributed by atoms with Gasteiger partial charge in [-0.1, -0.05) is 24.3 Å². The number of rotatable bonds is 0. The van der Waals surface area contributed by atoms with Crippen LogP contribution in [0.25, 0.3) is 0 Å². The molecule has 0 aromatic heterocycles. The van der Waals surface area contributed by atoms with Crippen LogP contribution in [0.2, 0.25) is 0 Å². The predicted molar refractivity (Wildman–Crippen MR) is 37.9 cm³/mol. The molecule has 9 heavy (non-hydrogen) atoms. The van der Waals surface area contributed by atoms with Gasteiger partial charge in [0.05, 0.1) is 0 Å². The molecule has 1 aliphatic carbocycles. The van der Waals surface area contributed by atoms with Crippen LogP contribution in [0.5, 0.6) is 0 Å². The van der Waals surface area contributed by atoms with Gasteiger partial charge in [0, 0.05) is 25.8 Å². The zero-order valence-corrected chi connectivity index (χ0v) is 9.61. The summed E-state index contributed by atoms with van der Waals surface area (Å²) in [6.07, 6.45) is 9.50. The standard InChI is InChI=1S/C5H6.C2H7N.Hf/c1-2-4-5-3-1;1-3-2;/h1-4H,5H2;3H,1-2H3;. The van der Waals surface area contributed by atoms with Crippen LogP contribution >= 0.6 is 0 Å². The fraction of sp³-hybridized carbons (Fsp3) is 0.429. The predicted octanol–water partition coefficient (Wildman–Crippen LogP) is 1.34. The maximum atomic E-state index is 2.75. The van der Waals surface area contributed by atoms with Crippen LogP contribution in [0, 0.1) is 0 Å². The quantitative estimate of drug-likeness (QED) is 0.664. The molecule has 50 valence electrons. The van der Waals surface area contributed by atoms with Crippen LogP contribution in [0.4, 0.5) is 0 Å². The van der Waals surface area contributed by atoms with E-state index in [1.54, 1.807) is 0 Å². The fourth-order valence-electron chi connectivity index (χ4n) is 0.393. The van der Waals surface area contributed by atoms with Crippen LogP contribution in [-0.4, -0.2) is 14.1 Å². The van der Waals surface area contributed by atoms with Crippen LogP contribution in [-0.2, 0) is 25.8 Å². The van der Waals surface area contributed by atoms with Crippen molar-refractivity contribution < 1.29 is 25.8 Å². The average molecular weight is 290 g/mol. The van der Waals surface area contributed by atoms with Gasteiger partial charge in [-0.3, -0.25) is 0 Å². The second-order valence-electron chi connectivity index (χ2n) is 1.59. The maximum Gasteiger partial charge on any atom is 0 e. The number of allylic oxidation sites excluding steroid dienone is 4. The van der Waals surface area contributed by atoms with E-state index >= 15 is 0 Å². The van der Waals surface area contributed by atoms with Crippen molar-refractivity contribution in [2.75, 3.05) is 14.1 Å². The zero-order valence-electron chi connectivity index (χ0n) is 6.02. The first-order valence-corrected chi connectivity index (χ1v) is 2.82. The molecule has 0 spiro atoms. The van der Waals surface area contributed by atoms with E-state index in [0.29, 0.717) is 0 Å². The molecule has 1 nitrogen and oxygen atoms in total. The summed E-state index contributed by atoms with van der Waals surface area (Å²) in [5.41, 5.74) is 0. The Bertz CT molecular complexity index is 76.9. The second-order valence-corrected chi connectivity index (χ2v) is 1.59. The molecule has 0 saturated heterocycles. The molecule has 0 aliphatic heterocycles. The van der Waals surface area contributed by atoms with Crippen molar-refractivity contribution in [2.24, 2.45) is 0 Å². The largest absolute Gasteiger partial charge is 0.323 e. The van der Waals surface area contributed by atoms with Gasteiger partial charge in [-0.05, 0) is 20.5 Å². The van der Waals surface area contributed by atoms with Crippen molar-refractivity contribution in [3.63, 3.8) is 0 Å². The van der Waals surface area contributed by atoms with Crippen molar-refractivity contribution in [1.82, 2.24) is 5.32 Å². The monoisotopic (exact) mass is 291 g/mol. The van der Waals surface area contributed by atoms with Gasteiger partial charge in [0.15, 0.2) is 0 Å². The van der Waals surface area contributed by atoms with Gasteiger partial charge in [-0.2, -0.15) is 0 Å². The Morgan fingerprint density at radius 1 is 1.11 bits per heavy atom. The Labute approximate surface area is 76.0 Å². The Hall–Kier alpha value is 0.310. The molecule has 0 amide bonds. The van der Waals surface area contributed by atoms with Gasteiger partial charge in [-0.25, -0.2) is 0 Å². The molecule has 0 radical (unpaired) electrons. The molecule has 1 aliphatic rings. The molecule has 1 rings (SSSR count). The minimum Gasteiger partial charge on any atom is -0.323 e. The zero-order chi connectivity index (χ0) is 6.24. The van der Waals surface area contributed by atoms with E-state index in [0.717, 1.165) is 6.42 Å². The minimum atomic E-state index is 0. The van der Waals surface area contributed by atoms with Crippen LogP contribution in [0.1, 0.15) is 6.42 Å². The Kier molecular flexibility index (Phi) is 14.9. The summed E-state index contributed by atoms with van der Waals surface area (Å²) in [5.74, 6) is 0. The summed E-state index contributed by atoms with van der Waals surface area (Å²) in [4.78, 5) is 0. The van der Waals surface area contributed by atoms with E-state index in [4.69, 9.17) is 0 Å². The SMILES string of the molecule is C1=CCC=C1.CNC.[Hf]. The number of hydrogen-bond acceptors (Lipinski definition) is 1. The van der Waals surface area contributed by atoms with E-state index in [1.807, 2.05) is 14.1 Å². The second kappa shape index (κ2) is 11.2. The Morgan fingerprint density at radius 3 is 1.56 bits per heavy atom. The van der Waals surface area contributed by atoms with Crippen molar-refractivity contribution in [2.45, 2.75) is 6.42 Å². The third kappa shape index (κ3) is 11.7. The van der Waals surface area contributed by atoms with Crippen LogP contribution in [0.15, 0.2) is 24.3 Å². The molecule has 1 N–H and O–H groups in total. The van der Waals surface area contributed by atoms with Gasteiger partial charge in [0.2, 0.25) is 0 Å². The summed E-state index contributed by atoms with van der Waals surface area (Å²) in [7, 11) is 3.75. The van der Waals surface area contributed by atoms with Crippen LogP contribution < -0.4 is 5.32 Å². The summed E-state index contributed by atoms with van der Waals surface area (Å²) in [6.45, 7) is 0. The van der Waals surface area contributed by atoms with Gasteiger partial charge in [0.25, 0.3) is 0 Å². The summed E-state index contributed by atoms with van der Waals surface area (Å²) < 4.78 is 0. The molecule has 2 heteroatoms. The molecule has 0 aromatic carbocycles. The molecule has 0 fully saturated rings. The minimum absolute atomic E-state index is 0. The van der Waals surface area contributed by atoms with E-state index in [1.165, 1.54) is 0 Å². The first kappa shape index (κ1) is 12.0. The topological polar surface area (TPSA) is 12.0 Å². The molecule has 0 heterocycles. The van der Waals surface area contributed by atoms with Crippen molar-refractivity contribution in [1.29, 1.82) is 0 Å². The fourth-order valence-corrected chi connectivity index (χ4v) is 0.393. The number of hydrogen-bond donors (Lipinski definition) is 1. The van der Waals surface area contributed by atoms with Gasteiger partial charge in [0.1, 0.15) is 0 Å². The van der Waals surface area contributed by atoms with E-state index < -0.39 is 0 Å².